The van der Waals surface area contributed by atoms with E-state index in [0.29, 0.717) is 18.2 Å². The van der Waals surface area contributed by atoms with E-state index >= 15 is 0 Å². The number of nitrogens with zero attached hydrogens (tertiary/aromatic N) is 2. The first-order valence-electron chi connectivity index (χ1n) is 8.09. The van der Waals surface area contributed by atoms with Crippen molar-refractivity contribution in [3.63, 3.8) is 0 Å². The molecule has 2 aromatic rings. The molecule has 0 bridgehead atoms. The highest BCUT2D eigenvalue weighted by Crippen LogP contribution is 2.28. The lowest BCUT2D eigenvalue weighted by molar-refractivity contribution is -0.128. The van der Waals surface area contributed by atoms with Gasteiger partial charge in [-0.05, 0) is 26.3 Å². The van der Waals surface area contributed by atoms with Gasteiger partial charge in [-0.1, -0.05) is 23.8 Å². The molecule has 6 heteroatoms. The Labute approximate surface area is 145 Å². The zero-order chi connectivity index (χ0) is 17.3. The van der Waals surface area contributed by atoms with E-state index in [2.05, 4.69) is 42.3 Å². The minimum absolute atomic E-state index is 0.0488. The number of nitrogens with one attached hydrogen (secondary N) is 1. The number of hydrogen-bond acceptors (Lipinski definition) is 4. The maximum Gasteiger partial charge on any atom is 0.231 e. The molecule has 2 heterocycles. The number of benzene rings is 1. The topological polar surface area (TPSA) is 62.3 Å². The lowest BCUT2D eigenvalue weighted by Gasteiger charge is -2.12. The molecular weight excluding hydrogens is 322 g/mol. The van der Waals surface area contributed by atoms with E-state index in [1.165, 1.54) is 16.9 Å². The molecule has 0 radical (unpaired) electrons. The summed E-state index contributed by atoms with van der Waals surface area (Å²) >= 11 is 1.41. The predicted molar refractivity (Wildman–Crippen MR) is 96.0 cm³/mol. The van der Waals surface area contributed by atoms with Crippen molar-refractivity contribution in [3.8, 4) is 11.3 Å². The van der Waals surface area contributed by atoms with Crippen molar-refractivity contribution >= 4 is 28.3 Å². The van der Waals surface area contributed by atoms with E-state index in [1.807, 2.05) is 12.3 Å². The van der Waals surface area contributed by atoms with E-state index in [9.17, 15) is 9.59 Å². The number of carbonyl (C=O) groups excluding carboxylic acids is 2. The van der Waals surface area contributed by atoms with Gasteiger partial charge in [0.2, 0.25) is 11.8 Å². The Morgan fingerprint density at radius 3 is 2.88 bits per heavy atom. The summed E-state index contributed by atoms with van der Waals surface area (Å²) in [4.78, 5) is 30.4. The molecular formula is C18H21N3O2S. The van der Waals surface area contributed by atoms with Gasteiger partial charge in [0.15, 0.2) is 5.13 Å². The summed E-state index contributed by atoms with van der Waals surface area (Å²) in [5, 5.41) is 5.39. The molecule has 1 unspecified atom stereocenters. The van der Waals surface area contributed by atoms with E-state index < -0.39 is 0 Å². The number of carbonyl (C=O) groups is 2. The standard InChI is InChI=1S/C18H21N3O2S/c1-4-21-9-13(8-16(21)22)17(23)20-18-19-15(10-24-18)14-6-5-11(2)7-12(14)3/h5-7,10,13H,4,8-9H2,1-3H3,(H,19,20,23). The highest BCUT2D eigenvalue weighted by molar-refractivity contribution is 7.14. The predicted octanol–water partition coefficient (Wildman–Crippen LogP) is 3.23. The third-order valence-corrected chi connectivity index (χ3v) is 5.12. The number of likely N-dealkylation sites (tertiary alicyclic amines) is 1. The Bertz CT molecular complexity index is 784. The monoisotopic (exact) mass is 343 g/mol. The molecule has 1 fully saturated rings. The van der Waals surface area contributed by atoms with Crippen LogP contribution >= 0.6 is 11.3 Å². The van der Waals surface area contributed by atoms with Crippen LogP contribution in [-0.2, 0) is 9.59 Å². The van der Waals surface area contributed by atoms with Gasteiger partial charge in [0, 0.05) is 30.5 Å². The first-order valence-corrected chi connectivity index (χ1v) is 8.97. The average molecular weight is 343 g/mol. The molecule has 24 heavy (non-hydrogen) atoms. The van der Waals surface area contributed by atoms with Gasteiger partial charge in [-0.3, -0.25) is 9.59 Å². The second-order valence-corrected chi connectivity index (χ2v) is 7.04. The van der Waals surface area contributed by atoms with Crippen LogP contribution in [0.2, 0.25) is 0 Å². The SMILES string of the molecule is CCN1CC(C(=O)Nc2nc(-c3ccc(C)cc3C)cs2)CC1=O. The molecule has 0 spiro atoms. The summed E-state index contributed by atoms with van der Waals surface area (Å²) in [6.07, 6.45) is 0.287. The largest absolute Gasteiger partial charge is 0.342 e. The maximum absolute atomic E-state index is 12.4. The zero-order valence-electron chi connectivity index (χ0n) is 14.1. The number of amides is 2. The van der Waals surface area contributed by atoms with Crippen molar-refractivity contribution in [2.75, 3.05) is 18.4 Å². The van der Waals surface area contributed by atoms with Crippen LogP contribution in [0.3, 0.4) is 0 Å². The molecule has 5 nitrogen and oxygen atoms in total. The maximum atomic E-state index is 12.4. The van der Waals surface area contributed by atoms with Gasteiger partial charge in [0.25, 0.3) is 0 Å². The summed E-state index contributed by atoms with van der Waals surface area (Å²) in [6, 6.07) is 6.24. The Hall–Kier alpha value is -2.21. The Balaban J connectivity index is 1.70. The number of aryl methyl sites for hydroxylation is 2. The summed E-state index contributed by atoms with van der Waals surface area (Å²) in [5.41, 5.74) is 4.32. The highest BCUT2D eigenvalue weighted by Gasteiger charge is 2.33. The van der Waals surface area contributed by atoms with Crippen molar-refractivity contribution in [1.29, 1.82) is 0 Å². The van der Waals surface area contributed by atoms with E-state index in [0.717, 1.165) is 16.8 Å². The molecule has 1 aliphatic heterocycles. The number of aromatic nitrogens is 1. The van der Waals surface area contributed by atoms with Crippen molar-refractivity contribution in [1.82, 2.24) is 9.88 Å². The van der Waals surface area contributed by atoms with Gasteiger partial charge in [-0.15, -0.1) is 11.3 Å². The fourth-order valence-corrected chi connectivity index (χ4v) is 3.73. The van der Waals surface area contributed by atoms with Crippen LogP contribution in [-0.4, -0.2) is 34.8 Å². The quantitative estimate of drug-likeness (QED) is 0.927. The number of thiazole rings is 1. The summed E-state index contributed by atoms with van der Waals surface area (Å²) < 4.78 is 0. The Kier molecular flexibility index (Phi) is 4.66. The molecule has 1 atom stereocenters. The third kappa shape index (κ3) is 3.33. The molecule has 3 rings (SSSR count). The van der Waals surface area contributed by atoms with Gasteiger partial charge >= 0.3 is 0 Å². The lowest BCUT2D eigenvalue weighted by Crippen LogP contribution is -2.28. The zero-order valence-corrected chi connectivity index (χ0v) is 14.9. The Morgan fingerprint density at radius 2 is 2.21 bits per heavy atom. The van der Waals surface area contributed by atoms with Gasteiger partial charge in [0.05, 0.1) is 11.6 Å². The number of hydrogen-bond donors (Lipinski definition) is 1. The van der Waals surface area contributed by atoms with E-state index in [-0.39, 0.29) is 24.2 Å². The molecule has 2 amide bonds. The summed E-state index contributed by atoms with van der Waals surface area (Å²) in [6.45, 7) is 7.19. The fraction of sp³-hybridized carbons (Fsp3) is 0.389. The number of anilines is 1. The minimum atomic E-state index is -0.286. The van der Waals surface area contributed by atoms with Crippen molar-refractivity contribution < 1.29 is 9.59 Å². The van der Waals surface area contributed by atoms with E-state index in [4.69, 9.17) is 0 Å². The molecule has 1 N–H and O–H groups in total. The second-order valence-electron chi connectivity index (χ2n) is 6.18. The van der Waals surface area contributed by atoms with Crippen molar-refractivity contribution in [3.05, 3.63) is 34.7 Å². The van der Waals surface area contributed by atoms with E-state index in [1.54, 1.807) is 4.90 Å². The molecule has 0 aliphatic carbocycles. The van der Waals surface area contributed by atoms with Crippen LogP contribution in [0.5, 0.6) is 0 Å². The Morgan fingerprint density at radius 1 is 1.42 bits per heavy atom. The van der Waals surface area contributed by atoms with Gasteiger partial charge in [-0.25, -0.2) is 4.98 Å². The minimum Gasteiger partial charge on any atom is -0.342 e. The first kappa shape index (κ1) is 16.6. The van der Waals surface area contributed by atoms with Crippen LogP contribution < -0.4 is 5.32 Å². The molecule has 126 valence electrons. The number of rotatable bonds is 4. The first-order chi connectivity index (χ1) is 11.5. The van der Waals surface area contributed by atoms with Crippen LogP contribution in [0, 0.1) is 19.8 Å². The highest BCUT2D eigenvalue weighted by atomic mass is 32.1. The average Bonchev–Trinajstić information content (AvgIpc) is 3.14. The van der Waals surface area contributed by atoms with Crippen LogP contribution in [0.25, 0.3) is 11.3 Å². The van der Waals surface area contributed by atoms with Crippen LogP contribution in [0.4, 0.5) is 5.13 Å². The normalized spacial score (nSPS) is 17.4. The fourth-order valence-electron chi connectivity index (χ4n) is 3.02. The second kappa shape index (κ2) is 6.73. The summed E-state index contributed by atoms with van der Waals surface area (Å²) in [7, 11) is 0. The van der Waals surface area contributed by atoms with Crippen LogP contribution in [0.1, 0.15) is 24.5 Å². The van der Waals surface area contributed by atoms with Gasteiger partial charge in [0.1, 0.15) is 0 Å². The molecule has 0 saturated carbocycles. The molecule has 1 aromatic heterocycles. The van der Waals surface area contributed by atoms with Crippen LogP contribution in [0.15, 0.2) is 23.6 Å². The molecule has 1 saturated heterocycles. The van der Waals surface area contributed by atoms with Crippen molar-refractivity contribution in [2.24, 2.45) is 5.92 Å². The molecule has 1 aliphatic rings. The molecule has 1 aromatic carbocycles. The smallest absolute Gasteiger partial charge is 0.231 e. The van der Waals surface area contributed by atoms with Gasteiger partial charge in [-0.2, -0.15) is 0 Å². The third-order valence-electron chi connectivity index (χ3n) is 4.36. The lowest BCUT2D eigenvalue weighted by atomic mass is 10.0. The van der Waals surface area contributed by atoms with Crippen molar-refractivity contribution in [2.45, 2.75) is 27.2 Å². The van der Waals surface area contributed by atoms with Gasteiger partial charge < -0.3 is 10.2 Å². The summed E-state index contributed by atoms with van der Waals surface area (Å²) in [5.74, 6) is -0.362.